The van der Waals surface area contributed by atoms with Crippen LogP contribution in [0.15, 0.2) is 18.2 Å². The molecule has 2 amide bonds. The number of carbonyl (C=O) groups is 2. The van der Waals surface area contributed by atoms with Crippen LogP contribution in [0.5, 0.6) is 0 Å². The first-order chi connectivity index (χ1) is 17.4. The average Bonchev–Trinajstić information content (AvgIpc) is 2.87. The van der Waals surface area contributed by atoms with Gasteiger partial charge in [0.15, 0.2) is 0 Å². The zero-order valence-electron chi connectivity index (χ0n) is 21.9. The number of benzene rings is 1. The summed E-state index contributed by atoms with van der Waals surface area (Å²) >= 11 is 6.09. The van der Waals surface area contributed by atoms with Gasteiger partial charge in [0.2, 0.25) is 11.8 Å². The van der Waals surface area contributed by atoms with E-state index in [9.17, 15) is 9.59 Å². The Morgan fingerprint density at radius 3 is 2.69 bits per heavy atom. The van der Waals surface area contributed by atoms with Gasteiger partial charge in [-0.25, -0.2) is 4.39 Å². The number of hydrogen-bond acceptors (Lipinski definition) is 4. The van der Waals surface area contributed by atoms with Gasteiger partial charge in [0.1, 0.15) is 5.82 Å². The first-order valence-electron chi connectivity index (χ1n) is 13.6. The molecule has 0 bridgehead atoms. The molecule has 8 heteroatoms. The maximum Gasteiger partial charge on any atom is 0.222 e. The standard InChI is InChI=1S/C28H43ClFN3O3/c1-20(34)32-13-15-36-28(24-11-6-12-25(29)27(24)30)23-10-7-14-33(19-23)26(35)17-22(18-31-2)16-21-8-4-3-5-9-21/h6,11-12,21-23,28,31H,3-5,7-10,13-19H2,1-2H3,(H,32,34)/t22-,23-,28+/m1/s1. The molecule has 1 saturated heterocycles. The molecular weight excluding hydrogens is 481 g/mol. The highest BCUT2D eigenvalue weighted by Crippen LogP contribution is 2.36. The Morgan fingerprint density at radius 2 is 1.97 bits per heavy atom. The summed E-state index contributed by atoms with van der Waals surface area (Å²) in [6.45, 7) is 4.16. The molecule has 3 rings (SSSR count). The zero-order valence-corrected chi connectivity index (χ0v) is 22.6. The van der Waals surface area contributed by atoms with E-state index in [0.717, 1.165) is 38.3 Å². The van der Waals surface area contributed by atoms with Crippen molar-refractivity contribution in [2.24, 2.45) is 17.8 Å². The van der Waals surface area contributed by atoms with Crippen molar-refractivity contribution in [1.29, 1.82) is 0 Å². The molecule has 1 saturated carbocycles. The van der Waals surface area contributed by atoms with Gasteiger partial charge in [-0.05, 0) is 50.8 Å². The Morgan fingerprint density at radius 1 is 1.19 bits per heavy atom. The highest BCUT2D eigenvalue weighted by Gasteiger charge is 2.33. The molecule has 2 fully saturated rings. The monoisotopic (exact) mass is 523 g/mol. The molecule has 2 aliphatic rings. The number of amides is 2. The van der Waals surface area contributed by atoms with Crippen LogP contribution in [0.3, 0.4) is 0 Å². The summed E-state index contributed by atoms with van der Waals surface area (Å²) in [5.41, 5.74) is 0.412. The van der Waals surface area contributed by atoms with E-state index in [1.807, 2.05) is 11.9 Å². The van der Waals surface area contributed by atoms with E-state index < -0.39 is 11.9 Å². The predicted molar refractivity (Wildman–Crippen MR) is 141 cm³/mol. The third-order valence-corrected chi connectivity index (χ3v) is 7.94. The molecule has 6 nitrogen and oxygen atoms in total. The quantitative estimate of drug-likeness (QED) is 0.374. The fourth-order valence-corrected chi connectivity index (χ4v) is 6.10. The molecule has 2 N–H and O–H groups in total. The number of likely N-dealkylation sites (tertiary alicyclic amines) is 1. The lowest BCUT2D eigenvalue weighted by atomic mass is 9.81. The summed E-state index contributed by atoms with van der Waals surface area (Å²) in [6.07, 6.45) is 9.31. The summed E-state index contributed by atoms with van der Waals surface area (Å²) in [7, 11) is 1.96. The maximum atomic E-state index is 15.0. The molecule has 1 aliphatic heterocycles. The predicted octanol–water partition coefficient (Wildman–Crippen LogP) is 5.11. The number of carbonyl (C=O) groups excluding carboxylic acids is 2. The molecule has 36 heavy (non-hydrogen) atoms. The zero-order chi connectivity index (χ0) is 25.9. The van der Waals surface area contributed by atoms with Gasteiger partial charge in [-0.2, -0.15) is 0 Å². The van der Waals surface area contributed by atoms with Crippen LogP contribution in [0.25, 0.3) is 0 Å². The highest BCUT2D eigenvalue weighted by atomic mass is 35.5. The van der Waals surface area contributed by atoms with E-state index in [0.29, 0.717) is 31.0 Å². The van der Waals surface area contributed by atoms with Crippen molar-refractivity contribution in [2.75, 3.05) is 39.8 Å². The molecule has 0 aromatic heterocycles. The first kappa shape index (κ1) is 28.9. The summed E-state index contributed by atoms with van der Waals surface area (Å²) in [6, 6.07) is 4.96. The normalized spacial score (nSPS) is 20.7. The minimum absolute atomic E-state index is 0.0471. The number of piperidine rings is 1. The number of halogens is 2. The second-order valence-corrected chi connectivity index (χ2v) is 10.9. The Hall–Kier alpha value is -1.70. The van der Waals surface area contributed by atoms with E-state index in [2.05, 4.69) is 10.6 Å². The van der Waals surface area contributed by atoms with Gasteiger partial charge in [0.05, 0.1) is 17.7 Å². The molecular formula is C28H43ClFN3O3. The smallest absolute Gasteiger partial charge is 0.222 e. The van der Waals surface area contributed by atoms with Crippen LogP contribution in [0.2, 0.25) is 5.02 Å². The third-order valence-electron chi connectivity index (χ3n) is 7.65. The van der Waals surface area contributed by atoms with Crippen molar-refractivity contribution in [1.82, 2.24) is 15.5 Å². The summed E-state index contributed by atoms with van der Waals surface area (Å²) < 4.78 is 21.2. The Balaban J connectivity index is 1.66. The molecule has 202 valence electrons. The lowest BCUT2D eigenvalue weighted by molar-refractivity contribution is -0.136. The van der Waals surface area contributed by atoms with Crippen molar-refractivity contribution in [3.05, 3.63) is 34.6 Å². The van der Waals surface area contributed by atoms with Crippen molar-refractivity contribution < 1.29 is 18.7 Å². The van der Waals surface area contributed by atoms with Gasteiger partial charge in [0, 0.05) is 44.5 Å². The molecule has 0 unspecified atom stereocenters. The van der Waals surface area contributed by atoms with Gasteiger partial charge < -0.3 is 20.3 Å². The van der Waals surface area contributed by atoms with Gasteiger partial charge in [0.25, 0.3) is 0 Å². The summed E-state index contributed by atoms with van der Waals surface area (Å²) in [5.74, 6) is 0.581. The topological polar surface area (TPSA) is 70.7 Å². The van der Waals surface area contributed by atoms with Gasteiger partial charge in [-0.15, -0.1) is 0 Å². The van der Waals surface area contributed by atoms with Crippen LogP contribution in [-0.4, -0.2) is 56.5 Å². The van der Waals surface area contributed by atoms with Crippen molar-refractivity contribution in [3.8, 4) is 0 Å². The van der Waals surface area contributed by atoms with E-state index in [4.69, 9.17) is 16.3 Å². The molecule has 1 aromatic rings. The minimum atomic E-state index is -0.539. The van der Waals surface area contributed by atoms with Gasteiger partial charge in [-0.1, -0.05) is 55.8 Å². The highest BCUT2D eigenvalue weighted by molar-refractivity contribution is 6.30. The SMILES string of the molecule is CNC[C@@H](CC(=O)N1CCC[C@@H]([C@H](OCCNC(C)=O)c2cccc(Cl)c2F)C1)CC1CCCCC1. The molecule has 3 atom stereocenters. The first-order valence-corrected chi connectivity index (χ1v) is 14.0. The van der Waals surface area contributed by atoms with Gasteiger partial charge >= 0.3 is 0 Å². The van der Waals surface area contributed by atoms with Crippen LogP contribution < -0.4 is 10.6 Å². The van der Waals surface area contributed by atoms with Gasteiger partial charge in [-0.3, -0.25) is 9.59 Å². The Bertz CT molecular complexity index is 849. The number of nitrogens with zero attached hydrogens (tertiary/aromatic N) is 1. The van der Waals surface area contributed by atoms with Crippen LogP contribution in [0, 0.1) is 23.6 Å². The lowest BCUT2D eigenvalue weighted by Crippen LogP contribution is -2.43. The Kier molecular flexibility index (Phi) is 11.9. The largest absolute Gasteiger partial charge is 0.371 e. The molecule has 1 aliphatic carbocycles. The van der Waals surface area contributed by atoms with Crippen LogP contribution in [-0.2, 0) is 14.3 Å². The summed E-state index contributed by atoms with van der Waals surface area (Å²) in [5, 5.41) is 6.07. The van der Waals surface area contributed by atoms with E-state index in [-0.39, 0.29) is 29.4 Å². The van der Waals surface area contributed by atoms with E-state index in [1.165, 1.54) is 45.1 Å². The number of nitrogens with one attached hydrogen (secondary N) is 2. The second kappa shape index (κ2) is 14.9. The molecule has 1 heterocycles. The van der Waals surface area contributed by atoms with Crippen LogP contribution in [0.1, 0.15) is 76.4 Å². The fourth-order valence-electron chi connectivity index (χ4n) is 5.91. The lowest BCUT2D eigenvalue weighted by Gasteiger charge is -2.38. The average molecular weight is 524 g/mol. The maximum absolute atomic E-state index is 15.0. The van der Waals surface area contributed by atoms with E-state index in [1.54, 1.807) is 12.1 Å². The fraction of sp³-hybridized carbons (Fsp3) is 0.714. The number of hydrogen-bond donors (Lipinski definition) is 2. The van der Waals surface area contributed by atoms with Crippen LogP contribution in [0.4, 0.5) is 4.39 Å². The second-order valence-electron chi connectivity index (χ2n) is 10.5. The third kappa shape index (κ3) is 8.70. The van der Waals surface area contributed by atoms with Crippen molar-refractivity contribution in [2.45, 2.75) is 70.8 Å². The molecule has 1 aromatic carbocycles. The number of rotatable bonds is 12. The molecule has 0 spiro atoms. The van der Waals surface area contributed by atoms with E-state index >= 15 is 4.39 Å². The van der Waals surface area contributed by atoms with Crippen molar-refractivity contribution in [3.63, 3.8) is 0 Å². The molecule has 0 radical (unpaired) electrons. The minimum Gasteiger partial charge on any atom is -0.371 e. The van der Waals surface area contributed by atoms with Crippen molar-refractivity contribution >= 4 is 23.4 Å². The van der Waals surface area contributed by atoms with Crippen LogP contribution >= 0.6 is 11.6 Å². The Labute approximate surface area is 220 Å². The summed E-state index contributed by atoms with van der Waals surface area (Å²) in [4.78, 5) is 26.6. The number of ether oxygens (including phenoxy) is 1.